The van der Waals surface area contributed by atoms with Gasteiger partial charge in [-0.25, -0.2) is 0 Å². The van der Waals surface area contributed by atoms with Crippen molar-refractivity contribution < 1.29 is 32.2 Å². The third-order valence-electron chi connectivity index (χ3n) is 3.56. The van der Waals surface area contributed by atoms with Crippen LogP contribution in [-0.4, -0.2) is 37.3 Å². The largest absolute Gasteiger partial charge is 0.488 e. The Labute approximate surface area is 137 Å². The van der Waals surface area contributed by atoms with Crippen LogP contribution in [0.1, 0.15) is 24.5 Å². The van der Waals surface area contributed by atoms with Gasteiger partial charge >= 0.3 is 18.1 Å². The molecule has 5 nitrogen and oxygen atoms in total. The number of hydrogen-bond acceptors (Lipinski definition) is 4. The smallest absolute Gasteiger partial charge is 0.471 e. The first kappa shape index (κ1) is 18.1. The van der Waals surface area contributed by atoms with Crippen LogP contribution in [0, 0.1) is 0 Å². The Hall–Kier alpha value is -2.25. The Morgan fingerprint density at radius 1 is 1.38 bits per heavy atom. The zero-order chi connectivity index (χ0) is 17.7. The summed E-state index contributed by atoms with van der Waals surface area (Å²) in [4.78, 5) is 22.3. The number of carbonyl (C=O) groups excluding carboxylic acids is 2. The zero-order valence-corrected chi connectivity index (χ0v) is 13.1. The number of aryl methyl sites for hydroxylation is 1. The minimum Gasteiger partial charge on any atom is -0.488 e. The second kappa shape index (κ2) is 7.55. The molecule has 132 valence electrons. The minimum atomic E-state index is -4.89. The molecular weight excluding hydrogens is 327 g/mol. The van der Waals surface area contributed by atoms with E-state index in [1.165, 1.54) is 0 Å². The highest BCUT2D eigenvalue weighted by atomic mass is 19.4. The number of alkyl halides is 3. The van der Waals surface area contributed by atoms with Crippen molar-refractivity contribution in [1.82, 2.24) is 5.32 Å². The lowest BCUT2D eigenvalue weighted by atomic mass is 9.99. The molecule has 0 fully saturated rings. The fourth-order valence-corrected chi connectivity index (χ4v) is 2.44. The standard InChI is InChI=1S/C16H18F3NO4/c1-2-23-14(21)8-10-3-6-13-11(7-10)4-5-12(24-13)9-20-15(22)16(17,18)19/h3,6-7,12H,2,4-5,8-9H2,1H3,(H,20,22)/t12-/m1/s1. The monoisotopic (exact) mass is 345 g/mol. The van der Waals surface area contributed by atoms with Gasteiger partial charge in [0, 0.05) is 0 Å². The number of hydrogen-bond donors (Lipinski definition) is 1. The summed E-state index contributed by atoms with van der Waals surface area (Å²) in [6.07, 6.45) is -4.17. The average Bonchev–Trinajstić information content (AvgIpc) is 2.51. The number of nitrogens with one attached hydrogen (secondary N) is 1. The van der Waals surface area contributed by atoms with Crippen molar-refractivity contribution in [3.05, 3.63) is 29.3 Å². The van der Waals surface area contributed by atoms with E-state index in [1.54, 1.807) is 19.1 Å². The van der Waals surface area contributed by atoms with Gasteiger partial charge in [-0.2, -0.15) is 13.2 Å². The molecule has 0 saturated carbocycles. The van der Waals surface area contributed by atoms with Crippen LogP contribution in [0.5, 0.6) is 5.75 Å². The van der Waals surface area contributed by atoms with E-state index < -0.39 is 18.2 Å². The van der Waals surface area contributed by atoms with Gasteiger partial charge in [0.25, 0.3) is 0 Å². The lowest BCUT2D eigenvalue weighted by Crippen LogP contribution is -2.43. The van der Waals surface area contributed by atoms with Crippen LogP contribution < -0.4 is 10.1 Å². The van der Waals surface area contributed by atoms with E-state index >= 15 is 0 Å². The Balaban J connectivity index is 1.92. The van der Waals surface area contributed by atoms with Crippen molar-refractivity contribution in [3.8, 4) is 5.75 Å². The number of halogens is 3. The topological polar surface area (TPSA) is 64.6 Å². The van der Waals surface area contributed by atoms with Crippen LogP contribution in [0.4, 0.5) is 13.2 Å². The highest BCUT2D eigenvalue weighted by Gasteiger charge is 2.38. The molecule has 0 saturated heterocycles. The highest BCUT2D eigenvalue weighted by Crippen LogP contribution is 2.28. The Morgan fingerprint density at radius 3 is 2.79 bits per heavy atom. The maximum absolute atomic E-state index is 12.2. The van der Waals surface area contributed by atoms with Crippen molar-refractivity contribution in [2.45, 2.75) is 38.5 Å². The van der Waals surface area contributed by atoms with E-state index in [1.807, 2.05) is 11.4 Å². The Kier molecular flexibility index (Phi) is 5.69. The molecule has 2 rings (SSSR count). The molecule has 1 N–H and O–H groups in total. The molecule has 8 heteroatoms. The number of ether oxygens (including phenoxy) is 2. The van der Waals surface area contributed by atoms with E-state index in [9.17, 15) is 22.8 Å². The number of rotatable bonds is 5. The lowest BCUT2D eigenvalue weighted by Gasteiger charge is -2.26. The third kappa shape index (κ3) is 4.87. The molecule has 0 radical (unpaired) electrons. The molecule has 0 aromatic heterocycles. The molecule has 1 atom stereocenters. The molecule has 1 aromatic rings. The van der Waals surface area contributed by atoms with E-state index in [-0.39, 0.29) is 18.9 Å². The first-order valence-corrected chi connectivity index (χ1v) is 7.58. The number of benzene rings is 1. The summed E-state index contributed by atoms with van der Waals surface area (Å²) in [5, 5.41) is 1.82. The van der Waals surface area contributed by atoms with Crippen molar-refractivity contribution in [2.75, 3.05) is 13.2 Å². The summed E-state index contributed by atoms with van der Waals surface area (Å²) in [5.41, 5.74) is 1.68. The predicted octanol–water partition coefficient (Wildman–Crippen LogP) is 2.16. The maximum Gasteiger partial charge on any atom is 0.471 e. The van der Waals surface area contributed by atoms with Gasteiger partial charge in [-0.3, -0.25) is 9.59 Å². The molecule has 24 heavy (non-hydrogen) atoms. The first-order valence-electron chi connectivity index (χ1n) is 7.58. The fraction of sp³-hybridized carbons (Fsp3) is 0.500. The van der Waals surface area contributed by atoms with Crippen LogP contribution in [-0.2, 0) is 27.2 Å². The van der Waals surface area contributed by atoms with Gasteiger partial charge in [0.2, 0.25) is 0 Å². The first-order chi connectivity index (χ1) is 11.3. The van der Waals surface area contributed by atoms with Gasteiger partial charge in [-0.15, -0.1) is 0 Å². The molecule has 1 aromatic carbocycles. The Bertz CT molecular complexity index is 616. The van der Waals surface area contributed by atoms with Gasteiger partial charge < -0.3 is 14.8 Å². The van der Waals surface area contributed by atoms with Gasteiger partial charge in [0.15, 0.2) is 0 Å². The molecule has 0 aliphatic carbocycles. The summed E-state index contributed by atoms with van der Waals surface area (Å²) >= 11 is 0. The quantitative estimate of drug-likeness (QED) is 0.831. The van der Waals surface area contributed by atoms with Gasteiger partial charge in [-0.05, 0) is 37.0 Å². The summed E-state index contributed by atoms with van der Waals surface area (Å²) in [7, 11) is 0. The van der Waals surface area contributed by atoms with E-state index in [4.69, 9.17) is 9.47 Å². The minimum absolute atomic E-state index is 0.159. The maximum atomic E-state index is 12.2. The molecule has 1 amide bonds. The zero-order valence-electron chi connectivity index (χ0n) is 13.1. The molecule has 0 unspecified atom stereocenters. The van der Waals surface area contributed by atoms with Gasteiger partial charge in [0.1, 0.15) is 11.9 Å². The van der Waals surface area contributed by atoms with Crippen LogP contribution in [0.25, 0.3) is 0 Å². The SMILES string of the molecule is CCOC(=O)Cc1ccc2c(c1)CC[C@H](CNC(=O)C(F)(F)F)O2. The summed E-state index contributed by atoms with van der Waals surface area (Å²) in [5.74, 6) is -1.73. The highest BCUT2D eigenvalue weighted by molar-refractivity contribution is 5.81. The molecule has 1 aliphatic rings. The van der Waals surface area contributed by atoms with Crippen molar-refractivity contribution >= 4 is 11.9 Å². The summed E-state index contributed by atoms with van der Waals surface area (Å²) in [6, 6.07) is 5.23. The van der Waals surface area contributed by atoms with Crippen molar-refractivity contribution in [1.29, 1.82) is 0 Å². The number of fused-ring (bicyclic) bond motifs is 1. The number of amides is 1. The Morgan fingerprint density at radius 2 is 2.12 bits per heavy atom. The van der Waals surface area contributed by atoms with E-state index in [2.05, 4.69) is 0 Å². The molecular formula is C16H18F3NO4. The van der Waals surface area contributed by atoms with E-state index in [0.717, 1.165) is 11.1 Å². The summed E-state index contributed by atoms with van der Waals surface area (Å²) < 4.78 is 47.0. The fourth-order valence-electron chi connectivity index (χ4n) is 2.44. The van der Waals surface area contributed by atoms with Crippen molar-refractivity contribution in [3.63, 3.8) is 0 Å². The number of esters is 1. The number of carbonyl (C=O) groups is 2. The average molecular weight is 345 g/mol. The van der Waals surface area contributed by atoms with Crippen LogP contribution in [0.2, 0.25) is 0 Å². The molecule has 0 spiro atoms. The lowest BCUT2D eigenvalue weighted by molar-refractivity contribution is -0.173. The predicted molar refractivity (Wildman–Crippen MR) is 78.6 cm³/mol. The second-order valence-electron chi connectivity index (χ2n) is 5.41. The van der Waals surface area contributed by atoms with E-state index in [0.29, 0.717) is 25.2 Å². The van der Waals surface area contributed by atoms with Gasteiger partial charge in [-0.1, -0.05) is 12.1 Å². The third-order valence-corrected chi connectivity index (χ3v) is 3.56. The molecule has 0 bridgehead atoms. The molecule has 1 heterocycles. The van der Waals surface area contributed by atoms with Crippen LogP contribution in [0.15, 0.2) is 18.2 Å². The van der Waals surface area contributed by atoms with Gasteiger partial charge in [0.05, 0.1) is 19.6 Å². The molecule has 1 aliphatic heterocycles. The summed E-state index contributed by atoms with van der Waals surface area (Å²) in [6.45, 7) is 1.84. The van der Waals surface area contributed by atoms with Crippen LogP contribution in [0.3, 0.4) is 0 Å². The second-order valence-corrected chi connectivity index (χ2v) is 5.41. The van der Waals surface area contributed by atoms with Crippen molar-refractivity contribution in [2.24, 2.45) is 0 Å². The normalized spacial score (nSPS) is 16.8. The van der Waals surface area contributed by atoms with Crippen LogP contribution >= 0.6 is 0 Å².